The second kappa shape index (κ2) is 8.68. The molecular formula is C19H17FN2O4S. The maximum Gasteiger partial charge on any atom is 0.337 e. The normalized spacial score (nSPS) is 11.8. The van der Waals surface area contributed by atoms with Gasteiger partial charge in [-0.25, -0.2) is 9.18 Å². The van der Waals surface area contributed by atoms with E-state index in [1.807, 2.05) is 12.1 Å². The standard InChI is InChI=1S/C19H17FN2O4S/c1-12(25-16-6-4-3-5-15(16)20)17-21-22-19(26-17)27-11-13-7-9-14(10-8-13)18(23)24-2/h3-10,12H,11H2,1-2H3/t12-/m1/s1. The molecule has 27 heavy (non-hydrogen) atoms. The van der Waals surface area contributed by atoms with Gasteiger partial charge < -0.3 is 13.9 Å². The van der Waals surface area contributed by atoms with Gasteiger partial charge in [-0.3, -0.25) is 0 Å². The highest BCUT2D eigenvalue weighted by atomic mass is 32.2. The summed E-state index contributed by atoms with van der Waals surface area (Å²) < 4.78 is 29.4. The van der Waals surface area contributed by atoms with Crippen molar-refractivity contribution in [3.63, 3.8) is 0 Å². The Morgan fingerprint density at radius 3 is 2.63 bits per heavy atom. The lowest BCUT2D eigenvalue weighted by atomic mass is 10.1. The molecule has 0 saturated carbocycles. The molecule has 0 aliphatic rings. The molecule has 0 aliphatic heterocycles. The SMILES string of the molecule is COC(=O)c1ccc(CSc2nnc([C@@H](C)Oc3ccccc3F)o2)cc1. The van der Waals surface area contributed by atoms with E-state index in [2.05, 4.69) is 14.9 Å². The topological polar surface area (TPSA) is 74.5 Å². The van der Waals surface area contributed by atoms with Gasteiger partial charge in [0.1, 0.15) is 0 Å². The third kappa shape index (κ3) is 4.85. The van der Waals surface area contributed by atoms with E-state index in [1.165, 1.54) is 31.0 Å². The Bertz CT molecular complexity index is 914. The van der Waals surface area contributed by atoms with E-state index in [9.17, 15) is 9.18 Å². The van der Waals surface area contributed by atoms with Crippen LogP contribution in [0.25, 0.3) is 0 Å². The highest BCUT2D eigenvalue weighted by Gasteiger charge is 2.17. The van der Waals surface area contributed by atoms with Crippen LogP contribution in [0.4, 0.5) is 4.39 Å². The number of benzene rings is 2. The van der Waals surface area contributed by atoms with Crippen molar-refractivity contribution < 1.29 is 23.1 Å². The van der Waals surface area contributed by atoms with Gasteiger partial charge in [0.25, 0.3) is 11.1 Å². The molecule has 3 aromatic rings. The summed E-state index contributed by atoms with van der Waals surface area (Å²) >= 11 is 1.36. The molecule has 1 aromatic heterocycles. The number of methoxy groups -OCH3 is 1. The lowest BCUT2D eigenvalue weighted by Crippen LogP contribution is -2.04. The maximum atomic E-state index is 13.7. The van der Waals surface area contributed by atoms with Gasteiger partial charge in [0.2, 0.25) is 0 Å². The van der Waals surface area contributed by atoms with Crippen molar-refractivity contribution in [2.45, 2.75) is 24.0 Å². The highest BCUT2D eigenvalue weighted by molar-refractivity contribution is 7.98. The number of carbonyl (C=O) groups is 1. The average Bonchev–Trinajstić information content (AvgIpc) is 3.17. The van der Waals surface area contributed by atoms with E-state index in [1.54, 1.807) is 31.2 Å². The number of halogens is 1. The number of esters is 1. The number of ether oxygens (including phenoxy) is 2. The molecular weight excluding hydrogens is 371 g/mol. The molecule has 0 unspecified atom stereocenters. The van der Waals surface area contributed by atoms with Crippen molar-refractivity contribution in [2.75, 3.05) is 7.11 Å². The van der Waals surface area contributed by atoms with E-state index >= 15 is 0 Å². The summed E-state index contributed by atoms with van der Waals surface area (Å²) in [7, 11) is 1.34. The fraction of sp³-hybridized carbons (Fsp3) is 0.211. The maximum absolute atomic E-state index is 13.7. The number of aromatic nitrogens is 2. The van der Waals surface area contributed by atoms with Crippen molar-refractivity contribution in [1.29, 1.82) is 0 Å². The zero-order valence-electron chi connectivity index (χ0n) is 14.7. The quantitative estimate of drug-likeness (QED) is 0.438. The first-order chi connectivity index (χ1) is 13.1. The van der Waals surface area contributed by atoms with Crippen molar-refractivity contribution in [1.82, 2.24) is 10.2 Å². The molecule has 0 aliphatic carbocycles. The Labute approximate surface area is 159 Å². The van der Waals surface area contributed by atoms with Crippen LogP contribution in [-0.4, -0.2) is 23.3 Å². The van der Waals surface area contributed by atoms with Gasteiger partial charge in [0, 0.05) is 5.75 Å². The third-order valence-electron chi connectivity index (χ3n) is 3.65. The predicted octanol–water partition coefficient (Wildman–Crippen LogP) is 4.43. The van der Waals surface area contributed by atoms with Crippen LogP contribution in [-0.2, 0) is 10.5 Å². The van der Waals surface area contributed by atoms with Crippen LogP contribution in [0.3, 0.4) is 0 Å². The number of hydrogen-bond donors (Lipinski definition) is 0. The lowest BCUT2D eigenvalue weighted by molar-refractivity contribution is 0.0600. The van der Waals surface area contributed by atoms with Gasteiger partial charge in [-0.2, -0.15) is 0 Å². The molecule has 0 amide bonds. The summed E-state index contributed by atoms with van der Waals surface area (Å²) in [6, 6.07) is 13.2. The smallest absolute Gasteiger partial charge is 0.337 e. The summed E-state index contributed by atoms with van der Waals surface area (Å²) in [5, 5.41) is 8.31. The van der Waals surface area contributed by atoms with Crippen LogP contribution in [0.2, 0.25) is 0 Å². The predicted molar refractivity (Wildman–Crippen MR) is 97.1 cm³/mol. The fourth-order valence-electron chi connectivity index (χ4n) is 2.22. The number of nitrogens with zero attached hydrogens (tertiary/aromatic N) is 2. The van der Waals surface area contributed by atoms with Gasteiger partial charge in [-0.15, -0.1) is 10.2 Å². The summed E-state index contributed by atoms with van der Waals surface area (Å²) in [5.74, 6) is 0.157. The Hall–Kier alpha value is -2.87. The van der Waals surface area contributed by atoms with Crippen LogP contribution in [0, 0.1) is 5.82 Å². The minimum absolute atomic E-state index is 0.128. The van der Waals surface area contributed by atoms with E-state index in [0.29, 0.717) is 16.5 Å². The molecule has 0 radical (unpaired) electrons. The zero-order valence-corrected chi connectivity index (χ0v) is 15.5. The summed E-state index contributed by atoms with van der Waals surface area (Å²) in [5.41, 5.74) is 1.48. The number of rotatable bonds is 7. The summed E-state index contributed by atoms with van der Waals surface area (Å²) in [6.07, 6.45) is -0.580. The molecule has 1 atom stereocenters. The minimum atomic E-state index is -0.580. The highest BCUT2D eigenvalue weighted by Crippen LogP contribution is 2.27. The van der Waals surface area contributed by atoms with Gasteiger partial charge in [-0.05, 0) is 36.8 Å². The molecule has 0 N–H and O–H groups in total. The molecule has 0 saturated heterocycles. The molecule has 0 spiro atoms. The number of thioether (sulfide) groups is 1. The first-order valence-corrected chi connectivity index (χ1v) is 9.10. The Balaban J connectivity index is 1.57. The second-order valence-corrected chi connectivity index (χ2v) is 6.50. The number of hydrogen-bond acceptors (Lipinski definition) is 7. The van der Waals surface area contributed by atoms with E-state index < -0.39 is 11.9 Å². The van der Waals surface area contributed by atoms with Gasteiger partial charge in [0.05, 0.1) is 12.7 Å². The molecule has 0 bridgehead atoms. The molecule has 0 fully saturated rings. The van der Waals surface area contributed by atoms with Crippen molar-refractivity contribution in [3.8, 4) is 5.75 Å². The van der Waals surface area contributed by atoms with E-state index in [0.717, 1.165) is 5.56 Å². The molecule has 3 rings (SSSR count). The number of carbonyl (C=O) groups excluding carboxylic acids is 1. The average molecular weight is 388 g/mol. The van der Waals surface area contributed by atoms with Crippen LogP contribution in [0.5, 0.6) is 5.75 Å². The largest absolute Gasteiger partial charge is 0.478 e. The van der Waals surface area contributed by atoms with E-state index in [-0.39, 0.29) is 17.6 Å². The van der Waals surface area contributed by atoms with Crippen LogP contribution >= 0.6 is 11.8 Å². The minimum Gasteiger partial charge on any atom is -0.478 e. The molecule has 140 valence electrons. The number of para-hydroxylation sites is 1. The van der Waals surface area contributed by atoms with Crippen LogP contribution in [0.15, 0.2) is 58.2 Å². The zero-order chi connectivity index (χ0) is 19.2. The summed E-state index contributed by atoms with van der Waals surface area (Å²) in [4.78, 5) is 11.4. The van der Waals surface area contributed by atoms with Gasteiger partial charge in [0.15, 0.2) is 17.7 Å². The molecule has 8 heteroatoms. The van der Waals surface area contributed by atoms with E-state index in [4.69, 9.17) is 9.15 Å². The molecule has 1 heterocycles. The second-order valence-electron chi connectivity index (χ2n) is 5.57. The first-order valence-electron chi connectivity index (χ1n) is 8.11. The van der Waals surface area contributed by atoms with Crippen LogP contribution < -0.4 is 4.74 Å². The fourth-order valence-corrected chi connectivity index (χ4v) is 2.95. The lowest BCUT2D eigenvalue weighted by Gasteiger charge is -2.11. The third-order valence-corrected chi connectivity index (χ3v) is 4.54. The molecule has 2 aromatic carbocycles. The Morgan fingerprint density at radius 1 is 1.19 bits per heavy atom. The monoisotopic (exact) mass is 388 g/mol. The van der Waals surface area contributed by atoms with Gasteiger partial charge in [-0.1, -0.05) is 36.0 Å². The Kier molecular flexibility index (Phi) is 6.08. The van der Waals surface area contributed by atoms with Gasteiger partial charge >= 0.3 is 5.97 Å². The van der Waals surface area contributed by atoms with Crippen molar-refractivity contribution >= 4 is 17.7 Å². The van der Waals surface area contributed by atoms with Crippen molar-refractivity contribution in [2.24, 2.45) is 0 Å². The first kappa shape index (κ1) is 18.9. The van der Waals surface area contributed by atoms with Crippen LogP contribution in [0.1, 0.15) is 34.8 Å². The Morgan fingerprint density at radius 2 is 1.93 bits per heavy atom. The summed E-state index contributed by atoms with van der Waals surface area (Å²) in [6.45, 7) is 1.71. The molecule has 6 nitrogen and oxygen atoms in total. The van der Waals surface area contributed by atoms with Crippen molar-refractivity contribution in [3.05, 3.63) is 71.4 Å².